The molecule has 3 rings (SSSR count). The molecule has 0 aromatic heterocycles. The summed E-state index contributed by atoms with van der Waals surface area (Å²) in [6.45, 7) is 2.16. The minimum atomic E-state index is -3.74. The van der Waals surface area contributed by atoms with Crippen molar-refractivity contribution in [2.24, 2.45) is 5.14 Å². The molecule has 0 spiro atoms. The standard InChI is InChI=1S/C18H21N3O4S/c1-12-8-13-9-16(26(19,23)24)6-7-17(13)21(12)11-18(22)20-14-4-3-5-15(10-14)25-2/h3-7,9-10,12H,8,11H2,1-2H3,(H,20,22)(H2,19,23,24). The van der Waals surface area contributed by atoms with Gasteiger partial charge in [0.2, 0.25) is 15.9 Å². The molecule has 2 aromatic rings. The molecule has 8 heteroatoms. The van der Waals surface area contributed by atoms with Crippen molar-refractivity contribution in [2.45, 2.75) is 24.3 Å². The second kappa shape index (κ2) is 6.97. The maximum absolute atomic E-state index is 12.4. The van der Waals surface area contributed by atoms with Crippen LogP contribution in [0, 0.1) is 0 Å². The third-order valence-corrected chi connectivity index (χ3v) is 5.31. The SMILES string of the molecule is COc1cccc(NC(=O)CN2c3ccc(S(N)(=O)=O)cc3CC2C)c1. The Hall–Kier alpha value is -2.58. The van der Waals surface area contributed by atoms with Crippen LogP contribution in [0.3, 0.4) is 0 Å². The number of amides is 1. The molecule has 0 radical (unpaired) electrons. The number of hydrogen-bond acceptors (Lipinski definition) is 5. The zero-order chi connectivity index (χ0) is 18.9. The average molecular weight is 375 g/mol. The van der Waals surface area contributed by atoms with Crippen LogP contribution in [0.2, 0.25) is 0 Å². The summed E-state index contributed by atoms with van der Waals surface area (Å²) in [6, 6.07) is 12.0. The minimum Gasteiger partial charge on any atom is -0.497 e. The summed E-state index contributed by atoms with van der Waals surface area (Å²) in [5.41, 5.74) is 2.38. The van der Waals surface area contributed by atoms with Crippen molar-refractivity contribution in [3.63, 3.8) is 0 Å². The molecule has 0 aliphatic carbocycles. The number of nitrogens with zero attached hydrogens (tertiary/aromatic N) is 1. The third-order valence-electron chi connectivity index (χ3n) is 4.40. The zero-order valence-corrected chi connectivity index (χ0v) is 15.4. The van der Waals surface area contributed by atoms with Gasteiger partial charge in [0.25, 0.3) is 0 Å². The van der Waals surface area contributed by atoms with Gasteiger partial charge < -0.3 is 15.0 Å². The lowest BCUT2D eigenvalue weighted by molar-refractivity contribution is -0.115. The molecule has 1 unspecified atom stereocenters. The second-order valence-electron chi connectivity index (χ2n) is 6.30. The van der Waals surface area contributed by atoms with E-state index >= 15 is 0 Å². The molecule has 0 saturated heterocycles. The largest absolute Gasteiger partial charge is 0.497 e. The number of primary sulfonamides is 1. The summed E-state index contributed by atoms with van der Waals surface area (Å²) in [5.74, 6) is 0.506. The van der Waals surface area contributed by atoms with Gasteiger partial charge in [-0.25, -0.2) is 13.6 Å². The molecule has 7 nitrogen and oxygen atoms in total. The van der Waals surface area contributed by atoms with Crippen molar-refractivity contribution in [2.75, 3.05) is 23.9 Å². The van der Waals surface area contributed by atoms with E-state index in [1.54, 1.807) is 43.5 Å². The van der Waals surface area contributed by atoms with Crippen molar-refractivity contribution in [1.82, 2.24) is 0 Å². The van der Waals surface area contributed by atoms with E-state index in [1.807, 2.05) is 11.8 Å². The van der Waals surface area contributed by atoms with Crippen molar-refractivity contribution in [3.8, 4) is 5.75 Å². The maximum Gasteiger partial charge on any atom is 0.243 e. The molecule has 0 bridgehead atoms. The predicted molar refractivity (Wildman–Crippen MR) is 100.0 cm³/mol. The van der Waals surface area contributed by atoms with Gasteiger partial charge in [-0.1, -0.05) is 6.07 Å². The van der Waals surface area contributed by atoms with Gasteiger partial charge in [-0.3, -0.25) is 4.79 Å². The van der Waals surface area contributed by atoms with E-state index < -0.39 is 10.0 Å². The van der Waals surface area contributed by atoms with E-state index in [0.717, 1.165) is 11.3 Å². The fourth-order valence-corrected chi connectivity index (χ4v) is 3.71. The van der Waals surface area contributed by atoms with E-state index in [9.17, 15) is 13.2 Å². The highest BCUT2D eigenvalue weighted by Crippen LogP contribution is 2.33. The van der Waals surface area contributed by atoms with Crippen LogP contribution in [0.15, 0.2) is 47.4 Å². The zero-order valence-electron chi connectivity index (χ0n) is 14.6. The number of benzene rings is 2. The highest BCUT2D eigenvalue weighted by atomic mass is 32.2. The highest BCUT2D eigenvalue weighted by molar-refractivity contribution is 7.89. The highest BCUT2D eigenvalue weighted by Gasteiger charge is 2.28. The van der Waals surface area contributed by atoms with Crippen LogP contribution in [-0.4, -0.2) is 34.0 Å². The number of carbonyl (C=O) groups is 1. The summed E-state index contributed by atoms with van der Waals surface area (Å²) in [6.07, 6.45) is 0.658. The molecule has 3 N–H and O–H groups in total. The van der Waals surface area contributed by atoms with Gasteiger partial charge >= 0.3 is 0 Å². The van der Waals surface area contributed by atoms with E-state index in [2.05, 4.69) is 5.32 Å². The van der Waals surface area contributed by atoms with Gasteiger partial charge in [-0.15, -0.1) is 0 Å². The van der Waals surface area contributed by atoms with Gasteiger partial charge in [-0.2, -0.15) is 0 Å². The van der Waals surface area contributed by atoms with E-state index in [-0.39, 0.29) is 23.4 Å². The Kier molecular flexibility index (Phi) is 4.88. The number of ether oxygens (including phenoxy) is 1. The number of carbonyl (C=O) groups excluding carboxylic acids is 1. The molecule has 1 heterocycles. The molecule has 138 valence electrons. The third kappa shape index (κ3) is 3.81. The monoisotopic (exact) mass is 375 g/mol. The van der Waals surface area contributed by atoms with Crippen molar-refractivity contribution in [3.05, 3.63) is 48.0 Å². The Morgan fingerprint density at radius 1 is 1.31 bits per heavy atom. The van der Waals surface area contributed by atoms with Gasteiger partial charge in [-0.05, 0) is 49.2 Å². The molecule has 1 aliphatic heterocycles. The van der Waals surface area contributed by atoms with Gasteiger partial charge in [0, 0.05) is 23.5 Å². The quantitative estimate of drug-likeness (QED) is 0.829. The first-order valence-electron chi connectivity index (χ1n) is 8.14. The molecule has 2 aromatic carbocycles. The Bertz CT molecular complexity index is 943. The normalized spacial score (nSPS) is 16.3. The first-order chi connectivity index (χ1) is 12.3. The van der Waals surface area contributed by atoms with Crippen LogP contribution in [0.25, 0.3) is 0 Å². The van der Waals surface area contributed by atoms with Crippen LogP contribution >= 0.6 is 0 Å². The first kappa shape index (κ1) is 18.2. The maximum atomic E-state index is 12.4. The topological polar surface area (TPSA) is 102 Å². The Morgan fingerprint density at radius 2 is 2.08 bits per heavy atom. The fraction of sp³-hybridized carbons (Fsp3) is 0.278. The number of hydrogen-bond donors (Lipinski definition) is 2. The molecular formula is C18H21N3O4S. The fourth-order valence-electron chi connectivity index (χ4n) is 3.15. The minimum absolute atomic E-state index is 0.0804. The Balaban J connectivity index is 1.75. The van der Waals surface area contributed by atoms with Gasteiger partial charge in [0.1, 0.15) is 5.75 Å². The lowest BCUT2D eigenvalue weighted by Gasteiger charge is -2.24. The summed E-state index contributed by atoms with van der Waals surface area (Å²) < 4.78 is 28.2. The number of sulfonamides is 1. The van der Waals surface area contributed by atoms with Crippen LogP contribution in [0.4, 0.5) is 11.4 Å². The van der Waals surface area contributed by atoms with E-state index in [0.29, 0.717) is 17.9 Å². The van der Waals surface area contributed by atoms with Crippen LogP contribution in [0.1, 0.15) is 12.5 Å². The number of methoxy groups -OCH3 is 1. The Morgan fingerprint density at radius 3 is 2.77 bits per heavy atom. The molecule has 1 atom stereocenters. The molecule has 26 heavy (non-hydrogen) atoms. The van der Waals surface area contributed by atoms with Crippen molar-refractivity contribution < 1.29 is 17.9 Å². The number of nitrogens with one attached hydrogen (secondary N) is 1. The lowest BCUT2D eigenvalue weighted by atomic mass is 10.1. The predicted octanol–water partition coefficient (Wildman–Crippen LogP) is 1.73. The lowest BCUT2D eigenvalue weighted by Crippen LogP contribution is -2.37. The van der Waals surface area contributed by atoms with Crippen molar-refractivity contribution in [1.29, 1.82) is 0 Å². The van der Waals surface area contributed by atoms with Gasteiger partial charge in [0.15, 0.2) is 0 Å². The van der Waals surface area contributed by atoms with Crippen LogP contribution in [0.5, 0.6) is 5.75 Å². The Labute approximate surface area is 152 Å². The number of fused-ring (bicyclic) bond motifs is 1. The van der Waals surface area contributed by atoms with Crippen LogP contribution < -0.4 is 20.1 Å². The van der Waals surface area contributed by atoms with Crippen molar-refractivity contribution >= 4 is 27.3 Å². The smallest absolute Gasteiger partial charge is 0.243 e. The molecule has 0 saturated carbocycles. The summed E-state index contributed by atoms with van der Waals surface area (Å²) >= 11 is 0. The average Bonchev–Trinajstić information content (AvgIpc) is 2.89. The number of nitrogens with two attached hydrogens (primary N) is 1. The first-order valence-corrected chi connectivity index (χ1v) is 9.69. The summed E-state index contributed by atoms with van der Waals surface area (Å²) in [7, 11) is -2.17. The van der Waals surface area contributed by atoms with E-state index in [4.69, 9.17) is 9.88 Å². The van der Waals surface area contributed by atoms with Crippen LogP contribution in [-0.2, 0) is 21.2 Å². The number of anilines is 2. The molecule has 0 fully saturated rings. The van der Waals surface area contributed by atoms with E-state index in [1.165, 1.54) is 6.07 Å². The second-order valence-corrected chi connectivity index (χ2v) is 7.86. The van der Waals surface area contributed by atoms with Gasteiger partial charge in [0.05, 0.1) is 18.6 Å². The number of rotatable bonds is 5. The molecule has 1 aliphatic rings. The molecule has 1 amide bonds. The summed E-state index contributed by atoms with van der Waals surface area (Å²) in [5, 5.41) is 8.05. The molecular weight excluding hydrogens is 354 g/mol. The summed E-state index contributed by atoms with van der Waals surface area (Å²) in [4.78, 5) is 14.5.